The Morgan fingerprint density at radius 3 is 2.63 bits per heavy atom. The minimum Gasteiger partial charge on any atom is -0.325 e. The molecule has 0 bridgehead atoms. The van der Waals surface area contributed by atoms with Crippen LogP contribution in [0.3, 0.4) is 0 Å². The van der Waals surface area contributed by atoms with Gasteiger partial charge >= 0.3 is 0 Å². The third-order valence-corrected chi connectivity index (χ3v) is 5.45. The first-order valence-electron chi connectivity index (χ1n) is 8.34. The molecule has 0 saturated heterocycles. The number of H-pyrrole nitrogens is 1. The van der Waals surface area contributed by atoms with Crippen LogP contribution in [0.2, 0.25) is 0 Å². The molecular formula is C20H19N3O2S2. The third-order valence-electron chi connectivity index (χ3n) is 3.71. The summed E-state index contributed by atoms with van der Waals surface area (Å²) in [5.74, 6) is 0.495. The first kappa shape index (κ1) is 19.3. The summed E-state index contributed by atoms with van der Waals surface area (Å²) < 4.78 is 0. The Morgan fingerprint density at radius 2 is 1.85 bits per heavy atom. The molecule has 5 nitrogen and oxygen atoms in total. The van der Waals surface area contributed by atoms with Gasteiger partial charge in [-0.1, -0.05) is 54.2 Å². The summed E-state index contributed by atoms with van der Waals surface area (Å²) in [6, 6.07) is 18.9. The monoisotopic (exact) mass is 397 g/mol. The van der Waals surface area contributed by atoms with Crippen LogP contribution in [0, 0.1) is 0 Å². The molecule has 1 heterocycles. The number of carbonyl (C=O) groups excluding carboxylic acids is 1. The Labute approximate surface area is 166 Å². The zero-order chi connectivity index (χ0) is 19.1. The van der Waals surface area contributed by atoms with Crippen molar-refractivity contribution in [3.8, 4) is 0 Å². The molecule has 2 N–H and O–H groups in total. The number of aromatic amines is 1. The number of hydrogen-bond donors (Lipinski definition) is 2. The highest BCUT2D eigenvalue weighted by atomic mass is 32.2. The number of rotatable bonds is 7. The molecule has 0 aliphatic carbocycles. The minimum absolute atomic E-state index is 0.0472. The SMILES string of the molecule is CSc1ccccc1NC(=O)Cc1cc(=O)[nH]c(SCc2ccccc2)n1. The third kappa shape index (κ3) is 5.74. The molecule has 0 radical (unpaired) electrons. The molecule has 7 heteroatoms. The Balaban J connectivity index is 1.66. The fourth-order valence-corrected chi connectivity index (χ4v) is 3.88. The molecule has 27 heavy (non-hydrogen) atoms. The van der Waals surface area contributed by atoms with E-state index in [-0.39, 0.29) is 17.9 Å². The van der Waals surface area contributed by atoms with E-state index in [4.69, 9.17) is 0 Å². The van der Waals surface area contributed by atoms with E-state index in [1.54, 1.807) is 11.8 Å². The predicted molar refractivity (Wildman–Crippen MR) is 111 cm³/mol. The first-order valence-corrected chi connectivity index (χ1v) is 10.5. The molecule has 0 aliphatic heterocycles. The van der Waals surface area contributed by atoms with Crippen LogP contribution in [0.15, 0.2) is 75.5 Å². The van der Waals surface area contributed by atoms with E-state index in [0.717, 1.165) is 16.1 Å². The molecular weight excluding hydrogens is 378 g/mol. The number of nitrogens with zero attached hydrogens (tertiary/aromatic N) is 1. The maximum atomic E-state index is 12.4. The second kappa shape index (κ2) is 9.43. The number of nitrogens with one attached hydrogen (secondary N) is 2. The quantitative estimate of drug-likeness (QED) is 0.466. The van der Waals surface area contributed by atoms with Crippen LogP contribution in [0.1, 0.15) is 11.3 Å². The molecule has 0 spiro atoms. The van der Waals surface area contributed by atoms with Crippen molar-refractivity contribution in [2.24, 2.45) is 0 Å². The first-order chi connectivity index (χ1) is 13.1. The summed E-state index contributed by atoms with van der Waals surface area (Å²) in [6.07, 6.45) is 2.01. The highest BCUT2D eigenvalue weighted by Crippen LogP contribution is 2.24. The summed E-state index contributed by atoms with van der Waals surface area (Å²) >= 11 is 3.00. The van der Waals surface area contributed by atoms with E-state index in [0.29, 0.717) is 16.6 Å². The zero-order valence-electron chi connectivity index (χ0n) is 14.8. The molecule has 0 unspecified atom stereocenters. The second-order valence-electron chi connectivity index (χ2n) is 5.74. The number of hydrogen-bond acceptors (Lipinski definition) is 5. The van der Waals surface area contributed by atoms with Gasteiger partial charge in [-0.2, -0.15) is 0 Å². The average molecular weight is 398 g/mol. The fourth-order valence-electron chi connectivity index (χ4n) is 2.48. The number of benzene rings is 2. The number of carbonyl (C=O) groups is 1. The lowest BCUT2D eigenvalue weighted by Gasteiger charge is -2.09. The van der Waals surface area contributed by atoms with Gasteiger partial charge in [0.05, 0.1) is 17.8 Å². The Bertz CT molecular complexity index is 974. The molecule has 0 fully saturated rings. The lowest BCUT2D eigenvalue weighted by atomic mass is 10.2. The highest BCUT2D eigenvalue weighted by Gasteiger charge is 2.10. The molecule has 3 aromatic rings. The topological polar surface area (TPSA) is 74.8 Å². The lowest BCUT2D eigenvalue weighted by molar-refractivity contribution is -0.115. The predicted octanol–water partition coefficient (Wildman–Crippen LogP) is 3.97. The maximum absolute atomic E-state index is 12.4. The van der Waals surface area contributed by atoms with Crippen molar-refractivity contribution in [1.82, 2.24) is 9.97 Å². The van der Waals surface area contributed by atoms with Gasteiger partial charge in [-0.05, 0) is 24.0 Å². The second-order valence-corrected chi connectivity index (χ2v) is 7.55. The number of anilines is 1. The van der Waals surface area contributed by atoms with Crippen molar-refractivity contribution in [3.05, 3.63) is 82.3 Å². The van der Waals surface area contributed by atoms with Gasteiger partial charge in [0.2, 0.25) is 5.91 Å². The molecule has 1 aromatic heterocycles. The van der Waals surface area contributed by atoms with E-state index >= 15 is 0 Å². The highest BCUT2D eigenvalue weighted by molar-refractivity contribution is 7.98. The molecule has 0 aliphatic rings. The smallest absolute Gasteiger partial charge is 0.251 e. The standard InChI is InChI=1S/C20H19N3O2S2/c1-26-17-10-6-5-9-16(17)22-18(24)11-15-12-19(25)23-20(21-15)27-13-14-7-3-2-4-8-14/h2-10,12H,11,13H2,1H3,(H,22,24)(H,21,23,25). The van der Waals surface area contributed by atoms with E-state index in [1.807, 2.05) is 60.9 Å². The average Bonchev–Trinajstić information content (AvgIpc) is 2.67. The van der Waals surface area contributed by atoms with Crippen LogP contribution in [0.5, 0.6) is 0 Å². The largest absolute Gasteiger partial charge is 0.325 e. The van der Waals surface area contributed by atoms with Gasteiger partial charge in [0, 0.05) is 16.7 Å². The van der Waals surface area contributed by atoms with E-state index in [1.165, 1.54) is 17.8 Å². The molecule has 2 aromatic carbocycles. The van der Waals surface area contributed by atoms with Gasteiger partial charge in [-0.3, -0.25) is 9.59 Å². The van der Waals surface area contributed by atoms with Crippen molar-refractivity contribution in [3.63, 3.8) is 0 Å². The summed E-state index contributed by atoms with van der Waals surface area (Å²) in [5, 5.41) is 3.40. The van der Waals surface area contributed by atoms with Crippen molar-refractivity contribution in [2.45, 2.75) is 22.2 Å². The van der Waals surface area contributed by atoms with Gasteiger partial charge in [-0.25, -0.2) is 4.98 Å². The number of aromatic nitrogens is 2. The Kier molecular flexibility index (Phi) is 6.73. The van der Waals surface area contributed by atoms with Crippen molar-refractivity contribution in [1.29, 1.82) is 0 Å². The van der Waals surface area contributed by atoms with Crippen molar-refractivity contribution < 1.29 is 4.79 Å². The molecule has 0 atom stereocenters. The normalized spacial score (nSPS) is 10.6. The molecule has 1 amide bonds. The van der Waals surface area contributed by atoms with E-state index in [2.05, 4.69) is 15.3 Å². The summed E-state index contributed by atoms with van der Waals surface area (Å²) in [5.41, 5.74) is 2.10. The lowest BCUT2D eigenvalue weighted by Crippen LogP contribution is -2.18. The van der Waals surface area contributed by atoms with Crippen LogP contribution in [0.4, 0.5) is 5.69 Å². The molecule has 3 rings (SSSR count). The van der Waals surface area contributed by atoms with Crippen molar-refractivity contribution in [2.75, 3.05) is 11.6 Å². The minimum atomic E-state index is -0.257. The number of thioether (sulfide) groups is 2. The van der Waals surface area contributed by atoms with Gasteiger partial charge in [0.15, 0.2) is 5.16 Å². The van der Waals surface area contributed by atoms with Gasteiger partial charge in [0.1, 0.15) is 0 Å². The van der Waals surface area contributed by atoms with Crippen LogP contribution in [-0.2, 0) is 17.0 Å². The van der Waals surface area contributed by atoms with Crippen LogP contribution in [0.25, 0.3) is 0 Å². The maximum Gasteiger partial charge on any atom is 0.251 e. The van der Waals surface area contributed by atoms with Crippen LogP contribution in [-0.4, -0.2) is 22.1 Å². The Hall–Kier alpha value is -2.51. The van der Waals surface area contributed by atoms with Gasteiger partial charge in [0.25, 0.3) is 5.56 Å². The Morgan fingerprint density at radius 1 is 1.11 bits per heavy atom. The van der Waals surface area contributed by atoms with Gasteiger partial charge in [-0.15, -0.1) is 11.8 Å². The van der Waals surface area contributed by atoms with E-state index < -0.39 is 0 Å². The summed E-state index contributed by atoms with van der Waals surface area (Å²) in [6.45, 7) is 0. The van der Waals surface area contributed by atoms with Crippen LogP contribution >= 0.6 is 23.5 Å². The summed E-state index contributed by atoms with van der Waals surface area (Å²) in [7, 11) is 0. The van der Waals surface area contributed by atoms with Gasteiger partial charge < -0.3 is 10.3 Å². The van der Waals surface area contributed by atoms with Crippen LogP contribution < -0.4 is 10.9 Å². The van der Waals surface area contributed by atoms with E-state index in [9.17, 15) is 9.59 Å². The number of para-hydroxylation sites is 1. The zero-order valence-corrected chi connectivity index (χ0v) is 16.4. The number of amides is 1. The molecule has 0 saturated carbocycles. The molecule has 138 valence electrons. The summed E-state index contributed by atoms with van der Waals surface area (Å²) in [4.78, 5) is 32.4. The fraction of sp³-hybridized carbons (Fsp3) is 0.150. The van der Waals surface area contributed by atoms with Crippen molar-refractivity contribution >= 4 is 35.1 Å².